The summed E-state index contributed by atoms with van der Waals surface area (Å²) in [5.41, 5.74) is 1.72. The molecule has 3 aromatic carbocycles. The molecule has 1 fully saturated rings. The molecule has 4 rings (SSSR count). The van der Waals surface area contributed by atoms with Crippen molar-refractivity contribution in [3.8, 4) is 0 Å². The standard InChI is InChI=1S/C30H30Cl3FN2O2/c31-24-12-7-13-27(34)23(24)18-29(37)36(19-21-14-15-25(32)26(33)16-21)28(17-20-8-3-1-4-9-20)30(38)35-22-10-5-2-6-11-22/h1,3-4,7-9,12-16,22,28H,2,5-6,10-11,17-19H2,(H,35,38). The molecule has 1 aliphatic rings. The van der Waals surface area contributed by atoms with Crippen LogP contribution in [0.3, 0.4) is 0 Å². The third-order valence-corrected chi connectivity index (χ3v) is 8.04. The fraction of sp³-hybridized carbons (Fsp3) is 0.333. The maximum atomic E-state index is 14.6. The van der Waals surface area contributed by atoms with E-state index in [4.69, 9.17) is 34.8 Å². The molecule has 0 heterocycles. The van der Waals surface area contributed by atoms with Gasteiger partial charge in [-0.3, -0.25) is 9.59 Å². The summed E-state index contributed by atoms with van der Waals surface area (Å²) in [6, 6.07) is 18.2. The van der Waals surface area contributed by atoms with Gasteiger partial charge in [-0.15, -0.1) is 0 Å². The van der Waals surface area contributed by atoms with Crippen LogP contribution in [-0.4, -0.2) is 28.8 Å². The Kier molecular flexibility index (Phi) is 10.1. The first-order chi connectivity index (χ1) is 18.3. The Hall–Kier alpha value is -2.60. The lowest BCUT2D eigenvalue weighted by Crippen LogP contribution is -2.53. The van der Waals surface area contributed by atoms with Crippen LogP contribution in [0, 0.1) is 5.82 Å². The lowest BCUT2D eigenvalue weighted by molar-refractivity contribution is -0.141. The number of nitrogens with one attached hydrogen (secondary N) is 1. The molecular weight excluding hydrogens is 546 g/mol. The third kappa shape index (κ3) is 7.49. The van der Waals surface area contributed by atoms with Crippen molar-refractivity contribution >= 4 is 46.6 Å². The second kappa shape index (κ2) is 13.5. The fourth-order valence-corrected chi connectivity index (χ4v) is 5.44. The fourth-order valence-electron chi connectivity index (χ4n) is 4.89. The molecule has 0 aliphatic heterocycles. The van der Waals surface area contributed by atoms with Gasteiger partial charge < -0.3 is 10.2 Å². The Bertz CT molecular complexity index is 1250. The Morgan fingerprint density at radius 3 is 2.29 bits per heavy atom. The molecule has 0 radical (unpaired) electrons. The van der Waals surface area contributed by atoms with Crippen molar-refractivity contribution in [1.82, 2.24) is 10.2 Å². The van der Waals surface area contributed by atoms with E-state index in [9.17, 15) is 14.0 Å². The van der Waals surface area contributed by atoms with Crippen LogP contribution in [0.4, 0.5) is 4.39 Å². The predicted molar refractivity (Wildman–Crippen MR) is 151 cm³/mol. The van der Waals surface area contributed by atoms with E-state index in [2.05, 4.69) is 5.32 Å². The molecule has 0 spiro atoms. The van der Waals surface area contributed by atoms with Gasteiger partial charge in [-0.1, -0.05) is 96.5 Å². The van der Waals surface area contributed by atoms with Crippen molar-refractivity contribution in [2.75, 3.05) is 0 Å². The van der Waals surface area contributed by atoms with E-state index in [0.717, 1.165) is 37.7 Å². The van der Waals surface area contributed by atoms with Crippen LogP contribution in [0.5, 0.6) is 0 Å². The third-order valence-electron chi connectivity index (χ3n) is 6.95. The number of hydrogen-bond donors (Lipinski definition) is 1. The van der Waals surface area contributed by atoms with Gasteiger partial charge >= 0.3 is 0 Å². The van der Waals surface area contributed by atoms with Crippen molar-refractivity contribution in [3.63, 3.8) is 0 Å². The van der Waals surface area contributed by atoms with E-state index in [0.29, 0.717) is 22.0 Å². The molecule has 38 heavy (non-hydrogen) atoms. The number of carbonyl (C=O) groups excluding carboxylic acids is 2. The highest BCUT2D eigenvalue weighted by atomic mass is 35.5. The summed E-state index contributed by atoms with van der Waals surface area (Å²) in [6.07, 6.45) is 5.13. The largest absolute Gasteiger partial charge is 0.352 e. The quantitative estimate of drug-likeness (QED) is 0.289. The molecule has 2 amide bonds. The summed E-state index contributed by atoms with van der Waals surface area (Å²) < 4.78 is 14.6. The monoisotopic (exact) mass is 574 g/mol. The van der Waals surface area contributed by atoms with Gasteiger partial charge in [0.25, 0.3) is 0 Å². The molecule has 0 saturated heterocycles. The molecule has 1 unspecified atom stereocenters. The molecule has 4 nitrogen and oxygen atoms in total. The van der Waals surface area contributed by atoms with Crippen molar-refractivity contribution in [3.05, 3.63) is 104 Å². The van der Waals surface area contributed by atoms with Crippen LogP contribution >= 0.6 is 34.8 Å². The number of halogens is 4. The molecule has 3 aromatic rings. The van der Waals surface area contributed by atoms with E-state index in [1.165, 1.54) is 17.0 Å². The summed E-state index contributed by atoms with van der Waals surface area (Å²) >= 11 is 18.6. The predicted octanol–water partition coefficient (Wildman–Crippen LogP) is 7.42. The van der Waals surface area contributed by atoms with Crippen LogP contribution < -0.4 is 5.32 Å². The highest BCUT2D eigenvalue weighted by Crippen LogP contribution is 2.26. The van der Waals surface area contributed by atoms with Crippen LogP contribution in [0.1, 0.15) is 48.8 Å². The molecule has 8 heteroatoms. The minimum atomic E-state index is -0.827. The van der Waals surface area contributed by atoms with E-state index in [-0.39, 0.29) is 35.5 Å². The summed E-state index contributed by atoms with van der Waals surface area (Å²) in [5, 5.41) is 4.09. The maximum Gasteiger partial charge on any atom is 0.243 e. The Morgan fingerprint density at radius 1 is 0.868 bits per heavy atom. The first kappa shape index (κ1) is 28.4. The van der Waals surface area contributed by atoms with E-state index in [1.54, 1.807) is 24.3 Å². The number of nitrogens with zero attached hydrogens (tertiary/aromatic N) is 1. The van der Waals surface area contributed by atoms with Crippen LogP contribution in [0.25, 0.3) is 0 Å². The summed E-state index contributed by atoms with van der Waals surface area (Å²) in [6.45, 7) is 0.0946. The minimum absolute atomic E-state index is 0.0671. The highest BCUT2D eigenvalue weighted by Gasteiger charge is 2.32. The number of amides is 2. The molecule has 200 valence electrons. The molecule has 1 N–H and O–H groups in total. The lowest BCUT2D eigenvalue weighted by Gasteiger charge is -2.33. The normalized spacial score (nSPS) is 14.6. The Balaban J connectivity index is 1.70. The molecule has 1 aliphatic carbocycles. The Morgan fingerprint density at radius 2 is 1.61 bits per heavy atom. The van der Waals surface area contributed by atoms with Gasteiger partial charge in [-0.2, -0.15) is 0 Å². The zero-order valence-corrected chi connectivity index (χ0v) is 23.2. The number of hydrogen-bond acceptors (Lipinski definition) is 2. The average molecular weight is 576 g/mol. The zero-order chi connectivity index (χ0) is 27.1. The number of carbonyl (C=O) groups is 2. The molecule has 0 bridgehead atoms. The number of benzene rings is 3. The van der Waals surface area contributed by atoms with Crippen LogP contribution in [0.15, 0.2) is 66.7 Å². The summed E-state index contributed by atoms with van der Waals surface area (Å²) in [4.78, 5) is 29.2. The zero-order valence-electron chi connectivity index (χ0n) is 20.9. The minimum Gasteiger partial charge on any atom is -0.352 e. The smallest absolute Gasteiger partial charge is 0.243 e. The summed E-state index contributed by atoms with van der Waals surface area (Å²) in [5.74, 6) is -1.21. The first-order valence-electron chi connectivity index (χ1n) is 12.8. The average Bonchev–Trinajstić information content (AvgIpc) is 2.91. The second-order valence-corrected chi connectivity index (χ2v) is 10.9. The highest BCUT2D eigenvalue weighted by molar-refractivity contribution is 6.42. The number of rotatable bonds is 9. The summed E-state index contributed by atoms with van der Waals surface area (Å²) in [7, 11) is 0. The molecule has 1 atom stereocenters. The SMILES string of the molecule is O=C(NC1CCCCC1)C(Cc1ccccc1)N(Cc1ccc(Cl)c(Cl)c1)C(=O)Cc1c(F)cccc1Cl. The first-order valence-corrected chi connectivity index (χ1v) is 14.0. The van der Waals surface area contributed by atoms with Gasteiger partial charge in [-0.05, 0) is 48.2 Å². The lowest BCUT2D eigenvalue weighted by atomic mass is 9.94. The van der Waals surface area contributed by atoms with E-state index in [1.807, 2.05) is 30.3 Å². The molecule has 1 saturated carbocycles. The molecular formula is C30H30Cl3FN2O2. The van der Waals surface area contributed by atoms with Gasteiger partial charge in [0.05, 0.1) is 16.5 Å². The van der Waals surface area contributed by atoms with Crippen molar-refractivity contribution in [2.45, 2.75) is 63.6 Å². The Labute approximate surface area is 238 Å². The maximum absolute atomic E-state index is 14.6. The van der Waals surface area contributed by atoms with Crippen LogP contribution in [-0.2, 0) is 29.0 Å². The van der Waals surface area contributed by atoms with Gasteiger partial charge in [-0.25, -0.2) is 4.39 Å². The van der Waals surface area contributed by atoms with Gasteiger partial charge in [0.2, 0.25) is 11.8 Å². The van der Waals surface area contributed by atoms with Gasteiger partial charge in [0.15, 0.2) is 0 Å². The van der Waals surface area contributed by atoms with Crippen molar-refractivity contribution in [1.29, 1.82) is 0 Å². The molecule has 0 aromatic heterocycles. The topological polar surface area (TPSA) is 49.4 Å². The van der Waals surface area contributed by atoms with E-state index < -0.39 is 17.8 Å². The van der Waals surface area contributed by atoms with Gasteiger partial charge in [0, 0.05) is 29.6 Å². The van der Waals surface area contributed by atoms with Gasteiger partial charge in [0.1, 0.15) is 11.9 Å². The second-order valence-electron chi connectivity index (χ2n) is 9.70. The van der Waals surface area contributed by atoms with Crippen molar-refractivity contribution in [2.24, 2.45) is 0 Å². The van der Waals surface area contributed by atoms with Crippen molar-refractivity contribution < 1.29 is 14.0 Å². The van der Waals surface area contributed by atoms with E-state index >= 15 is 0 Å². The van der Waals surface area contributed by atoms with Crippen LogP contribution in [0.2, 0.25) is 15.1 Å².